The molecule has 3 rings (SSSR count). The molecule has 116 valence electrons. The summed E-state index contributed by atoms with van der Waals surface area (Å²) in [6.45, 7) is 1.33. The lowest BCUT2D eigenvalue weighted by Gasteiger charge is -2.19. The molecular weight excluding hydrogens is 301 g/mol. The Balaban J connectivity index is 1.75. The van der Waals surface area contributed by atoms with E-state index in [2.05, 4.69) is 17.0 Å². The molecule has 5 heteroatoms. The van der Waals surface area contributed by atoms with E-state index in [-0.39, 0.29) is 11.6 Å². The third-order valence-corrected chi connectivity index (χ3v) is 4.63. The maximum Gasteiger partial charge on any atom is 0.170 e. The Morgan fingerprint density at radius 3 is 2.86 bits per heavy atom. The van der Waals surface area contributed by atoms with E-state index in [1.165, 1.54) is 4.90 Å². The summed E-state index contributed by atoms with van der Waals surface area (Å²) in [7, 11) is 1.60. The van der Waals surface area contributed by atoms with Gasteiger partial charge in [0.15, 0.2) is 11.6 Å². The van der Waals surface area contributed by atoms with Gasteiger partial charge in [0.05, 0.1) is 18.2 Å². The molecule has 3 nitrogen and oxygen atoms in total. The first-order chi connectivity index (χ1) is 10.8. The van der Waals surface area contributed by atoms with Crippen molar-refractivity contribution in [2.75, 3.05) is 31.1 Å². The van der Waals surface area contributed by atoms with Crippen molar-refractivity contribution in [3.63, 3.8) is 0 Å². The summed E-state index contributed by atoms with van der Waals surface area (Å²) in [5.74, 6) is 0.843. The minimum Gasteiger partial charge on any atom is -0.488 e. The van der Waals surface area contributed by atoms with Crippen LogP contribution in [0, 0.1) is 5.82 Å². The molecule has 0 saturated carbocycles. The fourth-order valence-corrected chi connectivity index (χ4v) is 3.46. The smallest absolute Gasteiger partial charge is 0.170 e. The van der Waals surface area contributed by atoms with Gasteiger partial charge in [0.25, 0.3) is 0 Å². The molecule has 0 N–H and O–H groups in total. The van der Waals surface area contributed by atoms with Gasteiger partial charge in [-0.05, 0) is 18.2 Å². The molecule has 0 radical (unpaired) electrons. The largest absolute Gasteiger partial charge is 0.488 e. The van der Waals surface area contributed by atoms with Crippen LogP contribution in [0.3, 0.4) is 0 Å². The molecule has 1 aliphatic rings. The topological polar surface area (TPSA) is 21.7 Å². The third-order valence-electron chi connectivity index (χ3n) is 3.53. The van der Waals surface area contributed by atoms with Crippen molar-refractivity contribution in [1.82, 2.24) is 0 Å². The second kappa shape index (κ2) is 7.03. The Morgan fingerprint density at radius 2 is 2.00 bits per heavy atom. The quantitative estimate of drug-likeness (QED) is 0.752. The number of para-hydroxylation sites is 1. The number of benzene rings is 2. The summed E-state index contributed by atoms with van der Waals surface area (Å²) in [6.07, 6.45) is 0. The summed E-state index contributed by atoms with van der Waals surface area (Å²) in [4.78, 5) is 3.42. The van der Waals surface area contributed by atoms with E-state index in [1.54, 1.807) is 24.9 Å². The van der Waals surface area contributed by atoms with Crippen molar-refractivity contribution in [2.24, 2.45) is 0 Å². The summed E-state index contributed by atoms with van der Waals surface area (Å²) in [6, 6.07) is 13.5. The highest BCUT2D eigenvalue weighted by Crippen LogP contribution is 2.39. The van der Waals surface area contributed by atoms with Crippen LogP contribution in [0.15, 0.2) is 47.4 Å². The normalized spacial score (nSPS) is 13.3. The van der Waals surface area contributed by atoms with Gasteiger partial charge in [0, 0.05) is 24.1 Å². The molecule has 0 fully saturated rings. The number of anilines is 1. The Hall–Kier alpha value is -1.72. The first-order valence-electron chi connectivity index (χ1n) is 7.15. The average molecular weight is 319 g/mol. The standard InChI is InChI=1S/C17H18FNO2S/c1-20-9-10-21-15-7-4-5-13(17(15)18)11-19-12-22-16-8-3-2-6-14(16)19/h2-8H,9-12H2,1H3. The SMILES string of the molecule is COCCOc1cccc(CN2CSc3ccccc32)c1F. The van der Waals surface area contributed by atoms with Crippen LogP contribution < -0.4 is 9.64 Å². The molecule has 0 amide bonds. The maximum absolute atomic E-state index is 14.5. The highest BCUT2D eigenvalue weighted by atomic mass is 32.2. The van der Waals surface area contributed by atoms with E-state index in [1.807, 2.05) is 24.3 Å². The average Bonchev–Trinajstić information content (AvgIpc) is 2.94. The van der Waals surface area contributed by atoms with Crippen molar-refractivity contribution >= 4 is 17.4 Å². The summed E-state index contributed by atoms with van der Waals surface area (Å²) < 4.78 is 24.9. The minimum atomic E-state index is -0.284. The lowest BCUT2D eigenvalue weighted by molar-refractivity contribution is 0.143. The predicted octanol–water partition coefficient (Wildman–Crippen LogP) is 3.92. The van der Waals surface area contributed by atoms with Crippen molar-refractivity contribution in [3.8, 4) is 5.75 Å². The molecule has 1 aliphatic heterocycles. The Bertz CT molecular complexity index is 650. The van der Waals surface area contributed by atoms with Crippen LogP contribution in [-0.4, -0.2) is 26.2 Å². The number of rotatable bonds is 6. The number of hydrogen-bond acceptors (Lipinski definition) is 4. The first kappa shape index (κ1) is 15.2. The molecule has 0 aromatic heterocycles. The second-order valence-electron chi connectivity index (χ2n) is 5.01. The van der Waals surface area contributed by atoms with Gasteiger partial charge in [-0.2, -0.15) is 0 Å². The van der Waals surface area contributed by atoms with Crippen LogP contribution in [-0.2, 0) is 11.3 Å². The van der Waals surface area contributed by atoms with Gasteiger partial charge in [0.1, 0.15) is 6.61 Å². The van der Waals surface area contributed by atoms with Crippen molar-refractivity contribution in [3.05, 3.63) is 53.8 Å². The monoisotopic (exact) mass is 319 g/mol. The fourth-order valence-electron chi connectivity index (χ4n) is 2.42. The molecule has 2 aromatic rings. The molecule has 0 bridgehead atoms. The third kappa shape index (κ3) is 3.20. The predicted molar refractivity (Wildman–Crippen MR) is 87.1 cm³/mol. The molecule has 0 unspecified atom stereocenters. The van der Waals surface area contributed by atoms with E-state index in [4.69, 9.17) is 9.47 Å². The van der Waals surface area contributed by atoms with E-state index in [9.17, 15) is 4.39 Å². The molecular formula is C17H18FNO2S. The number of fused-ring (bicyclic) bond motifs is 1. The van der Waals surface area contributed by atoms with Crippen molar-refractivity contribution in [2.45, 2.75) is 11.4 Å². The number of halogens is 1. The molecule has 0 aliphatic carbocycles. The number of methoxy groups -OCH3 is 1. The zero-order valence-electron chi connectivity index (χ0n) is 12.4. The first-order valence-corrected chi connectivity index (χ1v) is 8.14. The van der Waals surface area contributed by atoms with Gasteiger partial charge < -0.3 is 14.4 Å². The lowest BCUT2D eigenvalue weighted by atomic mass is 10.1. The maximum atomic E-state index is 14.5. The van der Waals surface area contributed by atoms with Crippen LogP contribution in [0.2, 0.25) is 0 Å². The fraction of sp³-hybridized carbons (Fsp3) is 0.294. The van der Waals surface area contributed by atoms with E-state index < -0.39 is 0 Å². The Kier molecular flexibility index (Phi) is 4.85. The highest BCUT2D eigenvalue weighted by molar-refractivity contribution is 7.99. The number of thioether (sulfide) groups is 1. The number of nitrogens with zero attached hydrogens (tertiary/aromatic N) is 1. The van der Waals surface area contributed by atoms with Gasteiger partial charge in [-0.1, -0.05) is 24.3 Å². The summed E-state index contributed by atoms with van der Waals surface area (Å²) in [5.41, 5.74) is 1.81. The van der Waals surface area contributed by atoms with Crippen LogP contribution in [0.1, 0.15) is 5.56 Å². The van der Waals surface area contributed by atoms with Crippen LogP contribution in [0.4, 0.5) is 10.1 Å². The molecule has 0 atom stereocenters. The van der Waals surface area contributed by atoms with Crippen molar-refractivity contribution < 1.29 is 13.9 Å². The minimum absolute atomic E-state index is 0.284. The van der Waals surface area contributed by atoms with Crippen LogP contribution in [0.25, 0.3) is 0 Å². The van der Waals surface area contributed by atoms with Gasteiger partial charge in [-0.3, -0.25) is 0 Å². The lowest BCUT2D eigenvalue weighted by Crippen LogP contribution is -2.19. The second-order valence-corrected chi connectivity index (χ2v) is 6.00. The molecule has 0 saturated heterocycles. The van der Waals surface area contributed by atoms with Crippen LogP contribution >= 0.6 is 11.8 Å². The number of ether oxygens (including phenoxy) is 2. The van der Waals surface area contributed by atoms with E-state index >= 15 is 0 Å². The van der Waals surface area contributed by atoms with Crippen molar-refractivity contribution in [1.29, 1.82) is 0 Å². The van der Waals surface area contributed by atoms with Gasteiger partial charge in [0.2, 0.25) is 0 Å². The van der Waals surface area contributed by atoms with Gasteiger partial charge in [-0.25, -0.2) is 4.39 Å². The van der Waals surface area contributed by atoms with E-state index in [0.717, 1.165) is 11.6 Å². The molecule has 2 aromatic carbocycles. The molecule has 1 heterocycles. The Labute approximate surface area is 134 Å². The van der Waals surface area contributed by atoms with Gasteiger partial charge >= 0.3 is 0 Å². The summed E-state index contributed by atoms with van der Waals surface area (Å²) in [5, 5.41) is 0. The summed E-state index contributed by atoms with van der Waals surface area (Å²) >= 11 is 1.78. The molecule has 0 spiro atoms. The number of hydrogen-bond donors (Lipinski definition) is 0. The highest BCUT2D eigenvalue weighted by Gasteiger charge is 2.21. The van der Waals surface area contributed by atoms with Gasteiger partial charge in [-0.15, -0.1) is 11.8 Å². The zero-order chi connectivity index (χ0) is 15.4. The molecule has 22 heavy (non-hydrogen) atoms. The van der Waals surface area contributed by atoms with E-state index in [0.29, 0.717) is 25.3 Å². The Morgan fingerprint density at radius 1 is 1.14 bits per heavy atom. The van der Waals surface area contributed by atoms with Crippen LogP contribution in [0.5, 0.6) is 5.75 Å². The zero-order valence-corrected chi connectivity index (χ0v) is 13.2.